The number of ether oxygens (including phenoxy) is 1. The van der Waals surface area contributed by atoms with E-state index in [4.69, 9.17) is 4.74 Å². The summed E-state index contributed by atoms with van der Waals surface area (Å²) in [6.45, 7) is 4.83. The maximum absolute atomic E-state index is 12.6. The summed E-state index contributed by atoms with van der Waals surface area (Å²) in [6.07, 6.45) is 5.91. The molecular weight excluding hydrogens is 292 g/mol. The van der Waals surface area contributed by atoms with E-state index in [1.165, 1.54) is 11.9 Å². The predicted octanol–water partition coefficient (Wildman–Crippen LogP) is 1.48. The zero-order chi connectivity index (χ0) is 16.2. The number of aryl methyl sites for hydroxylation is 2. The first-order valence-corrected chi connectivity index (χ1v) is 7.71. The van der Waals surface area contributed by atoms with Crippen LogP contribution < -0.4 is 5.32 Å². The van der Waals surface area contributed by atoms with Gasteiger partial charge in [0.2, 0.25) is 0 Å². The van der Waals surface area contributed by atoms with Gasteiger partial charge < -0.3 is 10.1 Å². The Kier molecular flexibility index (Phi) is 4.62. The van der Waals surface area contributed by atoms with Crippen LogP contribution in [0.3, 0.4) is 0 Å². The quantitative estimate of drug-likeness (QED) is 0.925. The maximum Gasteiger partial charge on any atom is 0.255 e. The second-order valence-corrected chi connectivity index (χ2v) is 5.86. The Morgan fingerprint density at radius 2 is 1.91 bits per heavy atom. The molecule has 6 nitrogen and oxygen atoms in total. The van der Waals surface area contributed by atoms with E-state index >= 15 is 0 Å². The molecule has 120 valence electrons. The molecule has 0 aromatic carbocycles. The molecule has 2 aromatic rings. The van der Waals surface area contributed by atoms with Crippen LogP contribution in [-0.2, 0) is 11.2 Å². The van der Waals surface area contributed by atoms with Crippen LogP contribution >= 0.6 is 0 Å². The van der Waals surface area contributed by atoms with Crippen molar-refractivity contribution in [3.05, 3.63) is 53.4 Å². The van der Waals surface area contributed by atoms with Gasteiger partial charge in [0, 0.05) is 18.3 Å². The molecule has 1 amide bonds. The van der Waals surface area contributed by atoms with E-state index in [-0.39, 0.29) is 17.9 Å². The van der Waals surface area contributed by atoms with E-state index in [9.17, 15) is 4.79 Å². The van der Waals surface area contributed by atoms with E-state index in [1.807, 2.05) is 26.0 Å². The first-order chi connectivity index (χ1) is 11.1. The monoisotopic (exact) mass is 312 g/mol. The topological polar surface area (TPSA) is 77.0 Å². The zero-order valence-corrected chi connectivity index (χ0v) is 13.3. The van der Waals surface area contributed by atoms with E-state index in [0.29, 0.717) is 30.2 Å². The molecule has 1 aliphatic rings. The van der Waals surface area contributed by atoms with Crippen molar-refractivity contribution in [2.45, 2.75) is 26.3 Å². The van der Waals surface area contributed by atoms with Gasteiger partial charge in [-0.2, -0.15) is 0 Å². The van der Waals surface area contributed by atoms with Crippen LogP contribution in [0.4, 0.5) is 0 Å². The molecule has 0 spiro atoms. The summed E-state index contributed by atoms with van der Waals surface area (Å²) in [5.74, 6) is 0.127. The zero-order valence-electron chi connectivity index (χ0n) is 13.3. The number of amides is 1. The standard InChI is InChI=1S/C17H20N4O2/c1-11-16(12(2)20-10-19-11)17(22)21-15-9-23-8-14(15)7-13-3-5-18-6-4-13/h3-6,10,14-15H,7-9H2,1-2H3,(H,21,22)/t14-,15-/m1/s1. The van der Waals surface area contributed by atoms with Gasteiger partial charge in [0.15, 0.2) is 0 Å². The minimum absolute atomic E-state index is 0.00493. The molecule has 1 N–H and O–H groups in total. The summed E-state index contributed by atoms with van der Waals surface area (Å²) in [5, 5.41) is 3.09. The van der Waals surface area contributed by atoms with Gasteiger partial charge in [-0.1, -0.05) is 0 Å². The molecule has 6 heteroatoms. The lowest BCUT2D eigenvalue weighted by molar-refractivity contribution is 0.0923. The molecule has 0 aliphatic carbocycles. The van der Waals surface area contributed by atoms with Crippen molar-refractivity contribution in [1.29, 1.82) is 0 Å². The Balaban J connectivity index is 1.70. The molecule has 1 saturated heterocycles. The minimum atomic E-state index is -0.129. The Hall–Kier alpha value is -2.34. The number of carbonyl (C=O) groups is 1. The largest absolute Gasteiger partial charge is 0.379 e. The van der Waals surface area contributed by atoms with Crippen LogP contribution in [0.15, 0.2) is 30.9 Å². The molecule has 0 radical (unpaired) electrons. The molecule has 2 aromatic heterocycles. The first kappa shape index (κ1) is 15.6. The van der Waals surface area contributed by atoms with E-state index < -0.39 is 0 Å². The van der Waals surface area contributed by atoms with Gasteiger partial charge in [0.05, 0.1) is 36.2 Å². The lowest BCUT2D eigenvalue weighted by Gasteiger charge is -2.20. The van der Waals surface area contributed by atoms with Crippen LogP contribution in [0.2, 0.25) is 0 Å². The van der Waals surface area contributed by atoms with Gasteiger partial charge in [0.1, 0.15) is 6.33 Å². The highest BCUT2D eigenvalue weighted by molar-refractivity contribution is 5.96. The van der Waals surface area contributed by atoms with Crippen LogP contribution in [0.5, 0.6) is 0 Å². The summed E-state index contributed by atoms with van der Waals surface area (Å²) in [7, 11) is 0. The van der Waals surface area contributed by atoms with Crippen LogP contribution in [0.25, 0.3) is 0 Å². The predicted molar refractivity (Wildman–Crippen MR) is 85.0 cm³/mol. The Morgan fingerprint density at radius 3 is 2.61 bits per heavy atom. The van der Waals surface area contributed by atoms with Gasteiger partial charge in [0.25, 0.3) is 5.91 Å². The molecule has 1 aliphatic heterocycles. The molecule has 0 saturated carbocycles. The summed E-state index contributed by atoms with van der Waals surface area (Å²) in [5.41, 5.74) is 3.14. The van der Waals surface area contributed by atoms with Crippen LogP contribution in [-0.4, -0.2) is 40.1 Å². The van der Waals surface area contributed by atoms with Crippen LogP contribution in [0, 0.1) is 19.8 Å². The van der Waals surface area contributed by atoms with Gasteiger partial charge in [-0.05, 0) is 38.0 Å². The molecule has 1 fully saturated rings. The van der Waals surface area contributed by atoms with Gasteiger partial charge >= 0.3 is 0 Å². The third kappa shape index (κ3) is 3.53. The summed E-state index contributed by atoms with van der Waals surface area (Å²) in [4.78, 5) is 24.8. The van der Waals surface area contributed by atoms with Crippen LogP contribution in [0.1, 0.15) is 27.3 Å². The number of hydrogen-bond donors (Lipinski definition) is 1. The summed E-state index contributed by atoms with van der Waals surface area (Å²) < 4.78 is 5.58. The number of carbonyl (C=O) groups excluding carboxylic acids is 1. The molecule has 23 heavy (non-hydrogen) atoms. The fourth-order valence-corrected chi connectivity index (χ4v) is 2.94. The molecular formula is C17H20N4O2. The summed E-state index contributed by atoms with van der Waals surface area (Å²) >= 11 is 0. The normalized spacial score (nSPS) is 20.4. The number of rotatable bonds is 4. The molecule has 2 atom stereocenters. The Morgan fingerprint density at radius 1 is 1.22 bits per heavy atom. The number of nitrogens with zero attached hydrogens (tertiary/aromatic N) is 3. The van der Waals surface area contributed by atoms with Crippen molar-refractivity contribution in [3.63, 3.8) is 0 Å². The van der Waals surface area contributed by atoms with Gasteiger partial charge in [-0.25, -0.2) is 9.97 Å². The third-order valence-corrected chi connectivity index (χ3v) is 4.22. The van der Waals surface area contributed by atoms with Gasteiger partial charge in [-0.3, -0.25) is 9.78 Å². The fourth-order valence-electron chi connectivity index (χ4n) is 2.94. The second kappa shape index (κ2) is 6.83. The van der Waals surface area contributed by atoms with E-state index in [2.05, 4.69) is 20.3 Å². The first-order valence-electron chi connectivity index (χ1n) is 7.71. The van der Waals surface area contributed by atoms with Crippen molar-refractivity contribution in [2.75, 3.05) is 13.2 Å². The Labute approximate surface area is 135 Å². The van der Waals surface area contributed by atoms with E-state index in [0.717, 1.165) is 6.42 Å². The number of hydrogen-bond acceptors (Lipinski definition) is 5. The number of pyridine rings is 1. The van der Waals surface area contributed by atoms with Crippen molar-refractivity contribution in [3.8, 4) is 0 Å². The fraction of sp³-hybridized carbons (Fsp3) is 0.412. The Bertz CT molecular complexity index is 670. The lowest BCUT2D eigenvalue weighted by Crippen LogP contribution is -2.41. The van der Waals surface area contributed by atoms with Gasteiger partial charge in [-0.15, -0.1) is 0 Å². The third-order valence-electron chi connectivity index (χ3n) is 4.22. The highest BCUT2D eigenvalue weighted by atomic mass is 16.5. The number of nitrogens with one attached hydrogen (secondary N) is 1. The smallest absolute Gasteiger partial charge is 0.255 e. The molecule has 0 unspecified atom stereocenters. The average Bonchev–Trinajstić information content (AvgIpc) is 2.95. The summed E-state index contributed by atoms with van der Waals surface area (Å²) in [6, 6.07) is 3.99. The van der Waals surface area contributed by atoms with Crippen molar-refractivity contribution < 1.29 is 9.53 Å². The van der Waals surface area contributed by atoms with E-state index in [1.54, 1.807) is 12.4 Å². The number of aromatic nitrogens is 3. The molecule has 3 rings (SSSR count). The molecule has 0 bridgehead atoms. The van der Waals surface area contributed by atoms with Crippen molar-refractivity contribution in [1.82, 2.24) is 20.3 Å². The maximum atomic E-state index is 12.6. The SMILES string of the molecule is Cc1ncnc(C)c1C(=O)N[C@@H]1COC[C@H]1Cc1ccncc1. The highest BCUT2D eigenvalue weighted by Crippen LogP contribution is 2.20. The van der Waals surface area contributed by atoms with Crippen molar-refractivity contribution in [2.24, 2.45) is 5.92 Å². The van der Waals surface area contributed by atoms with Crippen molar-refractivity contribution >= 4 is 5.91 Å². The second-order valence-electron chi connectivity index (χ2n) is 5.86. The highest BCUT2D eigenvalue weighted by Gasteiger charge is 2.30. The minimum Gasteiger partial charge on any atom is -0.379 e. The lowest BCUT2D eigenvalue weighted by atomic mass is 9.95. The molecule has 3 heterocycles. The average molecular weight is 312 g/mol.